The summed E-state index contributed by atoms with van der Waals surface area (Å²) in [4.78, 5) is 14.8. The molecule has 0 aliphatic carbocycles. The number of halogens is 1. The van der Waals surface area contributed by atoms with E-state index in [4.69, 9.17) is 4.74 Å². The predicted octanol–water partition coefficient (Wildman–Crippen LogP) is 5.40. The molecule has 0 bridgehead atoms. The first-order chi connectivity index (χ1) is 14.1. The lowest BCUT2D eigenvalue weighted by atomic mass is 10.1. The van der Waals surface area contributed by atoms with Gasteiger partial charge in [-0.05, 0) is 42.7 Å². The third-order valence-electron chi connectivity index (χ3n) is 5.14. The minimum Gasteiger partial charge on any atom is -0.385 e. The number of rotatable bonds is 14. The normalized spacial score (nSPS) is 11.0. The van der Waals surface area contributed by atoms with Gasteiger partial charge in [0.1, 0.15) is 5.82 Å². The SMILES string of the molecule is CCCCCCCC(=O)N(CCCOC)Cc1cccn1Cc1cccc(F)c1. The van der Waals surface area contributed by atoms with Crippen LogP contribution in [0.5, 0.6) is 0 Å². The van der Waals surface area contributed by atoms with E-state index < -0.39 is 0 Å². The third kappa shape index (κ3) is 8.40. The van der Waals surface area contributed by atoms with Gasteiger partial charge in [0.05, 0.1) is 6.54 Å². The maximum absolute atomic E-state index is 13.5. The second kappa shape index (κ2) is 13.2. The predicted molar refractivity (Wildman–Crippen MR) is 115 cm³/mol. The van der Waals surface area contributed by atoms with E-state index in [0.717, 1.165) is 30.5 Å². The fraction of sp³-hybridized carbons (Fsp3) is 0.542. The molecule has 0 saturated carbocycles. The van der Waals surface area contributed by atoms with Gasteiger partial charge in [-0.3, -0.25) is 4.79 Å². The molecule has 0 atom stereocenters. The Balaban J connectivity index is 1.98. The van der Waals surface area contributed by atoms with Crippen molar-refractivity contribution in [2.24, 2.45) is 0 Å². The smallest absolute Gasteiger partial charge is 0.222 e. The Labute approximate surface area is 174 Å². The van der Waals surface area contributed by atoms with Gasteiger partial charge in [0.15, 0.2) is 0 Å². The second-order valence-electron chi connectivity index (χ2n) is 7.58. The van der Waals surface area contributed by atoms with Crippen molar-refractivity contribution in [2.45, 2.75) is 65.0 Å². The van der Waals surface area contributed by atoms with Gasteiger partial charge in [0, 0.05) is 45.1 Å². The van der Waals surface area contributed by atoms with Crippen LogP contribution in [0.4, 0.5) is 4.39 Å². The topological polar surface area (TPSA) is 34.5 Å². The van der Waals surface area contributed by atoms with Crippen LogP contribution in [0.1, 0.15) is 63.1 Å². The van der Waals surface area contributed by atoms with Crippen molar-refractivity contribution in [3.63, 3.8) is 0 Å². The number of amides is 1. The fourth-order valence-electron chi connectivity index (χ4n) is 3.50. The quantitative estimate of drug-likeness (QED) is 0.397. The lowest BCUT2D eigenvalue weighted by Gasteiger charge is -2.24. The molecule has 0 radical (unpaired) electrons. The summed E-state index contributed by atoms with van der Waals surface area (Å²) in [6, 6.07) is 10.7. The Morgan fingerprint density at radius 1 is 1.10 bits per heavy atom. The number of carbonyl (C=O) groups is 1. The van der Waals surface area contributed by atoms with E-state index in [1.54, 1.807) is 19.2 Å². The van der Waals surface area contributed by atoms with Crippen molar-refractivity contribution in [1.29, 1.82) is 0 Å². The number of benzene rings is 1. The zero-order valence-electron chi connectivity index (χ0n) is 17.9. The molecule has 1 aromatic heterocycles. The monoisotopic (exact) mass is 402 g/mol. The molecule has 0 fully saturated rings. The molecule has 0 aliphatic heterocycles. The van der Waals surface area contributed by atoms with Crippen LogP contribution in [0.25, 0.3) is 0 Å². The van der Waals surface area contributed by atoms with E-state index in [0.29, 0.717) is 32.7 Å². The van der Waals surface area contributed by atoms with Gasteiger partial charge >= 0.3 is 0 Å². The second-order valence-corrected chi connectivity index (χ2v) is 7.58. The Morgan fingerprint density at radius 2 is 1.93 bits per heavy atom. The Bertz CT molecular complexity index is 729. The minimum absolute atomic E-state index is 0.205. The van der Waals surface area contributed by atoms with E-state index in [2.05, 4.69) is 11.5 Å². The summed E-state index contributed by atoms with van der Waals surface area (Å²) < 4.78 is 20.8. The van der Waals surface area contributed by atoms with Gasteiger partial charge in [-0.25, -0.2) is 4.39 Å². The molecule has 1 aromatic carbocycles. The molecule has 4 nitrogen and oxygen atoms in total. The average Bonchev–Trinajstić information content (AvgIpc) is 3.13. The lowest BCUT2D eigenvalue weighted by molar-refractivity contribution is -0.132. The number of aromatic nitrogens is 1. The summed E-state index contributed by atoms with van der Waals surface area (Å²) in [6.45, 7) is 4.69. The van der Waals surface area contributed by atoms with Gasteiger partial charge in [-0.15, -0.1) is 0 Å². The highest BCUT2D eigenvalue weighted by atomic mass is 19.1. The number of hydrogen-bond acceptors (Lipinski definition) is 2. The molecule has 160 valence electrons. The molecule has 2 aromatic rings. The summed E-state index contributed by atoms with van der Waals surface area (Å²) in [5.74, 6) is -0.0215. The minimum atomic E-state index is -0.226. The maximum atomic E-state index is 13.5. The molecule has 0 N–H and O–H groups in total. The Hall–Kier alpha value is -2.14. The number of ether oxygens (including phenoxy) is 1. The largest absolute Gasteiger partial charge is 0.385 e. The van der Waals surface area contributed by atoms with Crippen molar-refractivity contribution in [3.8, 4) is 0 Å². The van der Waals surface area contributed by atoms with Gasteiger partial charge < -0.3 is 14.2 Å². The number of nitrogens with zero attached hydrogens (tertiary/aromatic N) is 2. The van der Waals surface area contributed by atoms with Crippen LogP contribution in [-0.4, -0.2) is 35.6 Å². The standard InChI is InChI=1S/C24H35FN2O2/c1-3-4-5-6-7-14-24(28)27(16-10-17-29-2)20-23-13-9-15-26(23)19-21-11-8-12-22(25)18-21/h8-9,11-13,15,18H,3-7,10,14,16-17,19-20H2,1-2H3. The van der Waals surface area contributed by atoms with E-state index in [1.165, 1.54) is 25.3 Å². The molecule has 5 heteroatoms. The molecule has 0 aliphatic rings. The summed E-state index contributed by atoms with van der Waals surface area (Å²) in [6.07, 6.45) is 9.11. The van der Waals surface area contributed by atoms with Gasteiger partial charge in [-0.1, -0.05) is 44.7 Å². The molecular weight excluding hydrogens is 367 g/mol. The van der Waals surface area contributed by atoms with Crippen molar-refractivity contribution in [1.82, 2.24) is 9.47 Å². The van der Waals surface area contributed by atoms with Crippen molar-refractivity contribution in [2.75, 3.05) is 20.3 Å². The molecule has 2 rings (SSSR count). The summed E-state index contributed by atoms with van der Waals surface area (Å²) in [5, 5.41) is 0. The number of carbonyl (C=O) groups excluding carboxylic acids is 1. The number of methoxy groups -OCH3 is 1. The highest BCUT2D eigenvalue weighted by Crippen LogP contribution is 2.14. The van der Waals surface area contributed by atoms with E-state index >= 15 is 0 Å². The van der Waals surface area contributed by atoms with E-state index in [-0.39, 0.29) is 11.7 Å². The lowest BCUT2D eigenvalue weighted by Crippen LogP contribution is -2.32. The highest BCUT2D eigenvalue weighted by Gasteiger charge is 2.15. The molecule has 0 unspecified atom stereocenters. The summed E-state index contributed by atoms with van der Waals surface area (Å²) >= 11 is 0. The van der Waals surface area contributed by atoms with Crippen LogP contribution in [0, 0.1) is 5.82 Å². The van der Waals surface area contributed by atoms with Crippen molar-refractivity contribution >= 4 is 5.91 Å². The molecule has 1 amide bonds. The number of hydrogen-bond donors (Lipinski definition) is 0. The zero-order chi connectivity index (χ0) is 20.9. The summed E-state index contributed by atoms with van der Waals surface area (Å²) in [5.41, 5.74) is 1.97. The molecule has 0 saturated heterocycles. The molecule has 29 heavy (non-hydrogen) atoms. The van der Waals surface area contributed by atoms with Gasteiger partial charge in [0.25, 0.3) is 0 Å². The van der Waals surface area contributed by atoms with Gasteiger partial charge in [-0.2, -0.15) is 0 Å². The van der Waals surface area contributed by atoms with Gasteiger partial charge in [0.2, 0.25) is 5.91 Å². The van der Waals surface area contributed by atoms with Crippen LogP contribution in [-0.2, 0) is 22.6 Å². The maximum Gasteiger partial charge on any atom is 0.222 e. The first kappa shape index (κ1) is 23.1. The third-order valence-corrected chi connectivity index (χ3v) is 5.14. The van der Waals surface area contributed by atoms with Crippen LogP contribution in [0.2, 0.25) is 0 Å². The number of unbranched alkanes of at least 4 members (excludes halogenated alkanes) is 4. The highest BCUT2D eigenvalue weighted by molar-refractivity contribution is 5.76. The van der Waals surface area contributed by atoms with E-state index in [9.17, 15) is 9.18 Å². The average molecular weight is 403 g/mol. The van der Waals surface area contributed by atoms with Crippen LogP contribution >= 0.6 is 0 Å². The van der Waals surface area contributed by atoms with E-state index in [1.807, 2.05) is 29.3 Å². The van der Waals surface area contributed by atoms with Crippen LogP contribution in [0.15, 0.2) is 42.6 Å². The van der Waals surface area contributed by atoms with Crippen molar-refractivity contribution < 1.29 is 13.9 Å². The Morgan fingerprint density at radius 3 is 2.69 bits per heavy atom. The van der Waals surface area contributed by atoms with Crippen LogP contribution in [0.3, 0.4) is 0 Å². The molecular formula is C24H35FN2O2. The first-order valence-corrected chi connectivity index (χ1v) is 10.8. The van der Waals surface area contributed by atoms with Crippen LogP contribution < -0.4 is 0 Å². The van der Waals surface area contributed by atoms with Crippen molar-refractivity contribution in [3.05, 3.63) is 59.7 Å². The molecule has 0 spiro atoms. The zero-order valence-corrected chi connectivity index (χ0v) is 17.9. The Kier molecular flexibility index (Phi) is 10.5. The summed E-state index contributed by atoms with van der Waals surface area (Å²) in [7, 11) is 1.68. The first-order valence-electron chi connectivity index (χ1n) is 10.8. The molecule has 1 heterocycles. The fourth-order valence-corrected chi connectivity index (χ4v) is 3.50.